The highest BCUT2D eigenvalue weighted by atomic mass is 16.5. The third-order valence-corrected chi connectivity index (χ3v) is 4.29. The van der Waals surface area contributed by atoms with E-state index in [-0.39, 0.29) is 12.1 Å². The van der Waals surface area contributed by atoms with Gasteiger partial charge < -0.3 is 15.2 Å². The Kier molecular flexibility index (Phi) is 4.76. The maximum absolute atomic E-state index is 6.10. The van der Waals surface area contributed by atoms with E-state index >= 15 is 0 Å². The van der Waals surface area contributed by atoms with Crippen LogP contribution in [0.4, 0.5) is 0 Å². The van der Waals surface area contributed by atoms with Gasteiger partial charge in [-0.2, -0.15) is 0 Å². The molecule has 4 heteroatoms. The van der Waals surface area contributed by atoms with Gasteiger partial charge in [-0.15, -0.1) is 0 Å². The van der Waals surface area contributed by atoms with Crippen LogP contribution < -0.4 is 15.2 Å². The van der Waals surface area contributed by atoms with Gasteiger partial charge in [-0.25, -0.2) is 0 Å². The van der Waals surface area contributed by atoms with Crippen LogP contribution in [0.15, 0.2) is 30.5 Å². The molecule has 0 amide bonds. The van der Waals surface area contributed by atoms with Crippen molar-refractivity contribution in [3.8, 4) is 22.6 Å². The normalized spacial score (nSPS) is 17.0. The molecule has 0 bridgehead atoms. The van der Waals surface area contributed by atoms with Gasteiger partial charge in [0.25, 0.3) is 0 Å². The molecular formula is C20H26N2O2. The molecule has 2 N–H and O–H groups in total. The summed E-state index contributed by atoms with van der Waals surface area (Å²) in [6.45, 7) is 8.91. The van der Waals surface area contributed by atoms with E-state index in [0.717, 1.165) is 34.7 Å². The quantitative estimate of drug-likeness (QED) is 0.892. The molecule has 3 rings (SSSR count). The van der Waals surface area contributed by atoms with Crippen LogP contribution in [0.5, 0.6) is 11.5 Å². The summed E-state index contributed by atoms with van der Waals surface area (Å²) in [5, 5.41) is 0. The first kappa shape index (κ1) is 16.8. The molecule has 2 heterocycles. The maximum atomic E-state index is 6.10. The summed E-state index contributed by atoms with van der Waals surface area (Å²) in [5.41, 5.74) is 10.5. The number of aryl methyl sites for hydroxylation is 1. The van der Waals surface area contributed by atoms with Gasteiger partial charge in [0, 0.05) is 35.1 Å². The lowest BCUT2D eigenvalue weighted by molar-refractivity contribution is 0.219. The van der Waals surface area contributed by atoms with E-state index < -0.39 is 0 Å². The van der Waals surface area contributed by atoms with Crippen LogP contribution in [0.3, 0.4) is 0 Å². The molecule has 0 aliphatic carbocycles. The molecule has 1 aliphatic heterocycles. The standard InChI is InChI=1S/C20H26N2O2/c1-12(2)7-15(21)11-23-16-5-6-17-18-8-13(3)22-10-19(18)14(4)24-20(17)9-16/h5-6,8-10,12,14-15H,7,11,21H2,1-4H3/t14?,15-/m0/s1. The first-order valence-corrected chi connectivity index (χ1v) is 8.60. The van der Waals surface area contributed by atoms with Gasteiger partial charge in [-0.1, -0.05) is 13.8 Å². The van der Waals surface area contributed by atoms with Crippen LogP contribution in [0.25, 0.3) is 11.1 Å². The minimum atomic E-state index is -0.0148. The summed E-state index contributed by atoms with van der Waals surface area (Å²) < 4.78 is 11.9. The highest BCUT2D eigenvalue weighted by Gasteiger charge is 2.24. The van der Waals surface area contributed by atoms with E-state index in [2.05, 4.69) is 31.0 Å². The average molecular weight is 326 g/mol. The second-order valence-corrected chi connectivity index (χ2v) is 7.03. The minimum absolute atomic E-state index is 0.0148. The predicted octanol–water partition coefficient (Wildman–Crippen LogP) is 4.26. The first-order valence-electron chi connectivity index (χ1n) is 8.60. The van der Waals surface area contributed by atoms with Crippen molar-refractivity contribution in [1.82, 2.24) is 4.98 Å². The van der Waals surface area contributed by atoms with E-state index in [0.29, 0.717) is 12.5 Å². The Labute approximate surface area is 144 Å². The van der Waals surface area contributed by atoms with Gasteiger partial charge in [0.05, 0.1) is 0 Å². The minimum Gasteiger partial charge on any atom is -0.492 e. The molecule has 0 saturated carbocycles. The van der Waals surface area contributed by atoms with Crippen LogP contribution in [0.1, 0.15) is 44.6 Å². The zero-order valence-electron chi connectivity index (χ0n) is 14.9. The summed E-state index contributed by atoms with van der Waals surface area (Å²) in [5.74, 6) is 2.23. The summed E-state index contributed by atoms with van der Waals surface area (Å²) in [6.07, 6.45) is 2.85. The molecule has 4 nitrogen and oxygen atoms in total. The number of nitrogens with two attached hydrogens (primary N) is 1. The zero-order valence-corrected chi connectivity index (χ0v) is 14.9. The Balaban J connectivity index is 1.81. The molecule has 2 aromatic rings. The van der Waals surface area contributed by atoms with E-state index in [9.17, 15) is 0 Å². The van der Waals surface area contributed by atoms with Gasteiger partial charge in [0.15, 0.2) is 0 Å². The average Bonchev–Trinajstić information content (AvgIpc) is 2.52. The summed E-state index contributed by atoms with van der Waals surface area (Å²) >= 11 is 0. The molecule has 24 heavy (non-hydrogen) atoms. The Hall–Kier alpha value is -2.07. The van der Waals surface area contributed by atoms with Crippen molar-refractivity contribution >= 4 is 0 Å². The molecule has 1 aromatic carbocycles. The number of benzene rings is 1. The fourth-order valence-electron chi connectivity index (χ4n) is 3.17. The van der Waals surface area contributed by atoms with Crippen LogP contribution >= 0.6 is 0 Å². The summed E-state index contributed by atoms with van der Waals surface area (Å²) in [4.78, 5) is 4.39. The number of nitrogens with zero attached hydrogens (tertiary/aromatic N) is 1. The lowest BCUT2D eigenvalue weighted by Crippen LogP contribution is -2.29. The number of fused-ring (bicyclic) bond motifs is 3. The van der Waals surface area contributed by atoms with Crippen molar-refractivity contribution in [3.05, 3.63) is 41.7 Å². The van der Waals surface area contributed by atoms with E-state index in [4.69, 9.17) is 15.2 Å². The topological polar surface area (TPSA) is 57.4 Å². The number of hydrogen-bond donors (Lipinski definition) is 1. The van der Waals surface area contributed by atoms with Crippen molar-refractivity contribution in [2.45, 2.75) is 46.3 Å². The summed E-state index contributed by atoms with van der Waals surface area (Å²) in [6, 6.07) is 8.18. The Morgan fingerprint density at radius 2 is 2.04 bits per heavy atom. The zero-order chi connectivity index (χ0) is 17.3. The van der Waals surface area contributed by atoms with Gasteiger partial charge in [0.2, 0.25) is 0 Å². The molecule has 2 atom stereocenters. The van der Waals surface area contributed by atoms with Crippen molar-refractivity contribution in [2.75, 3.05) is 6.61 Å². The predicted molar refractivity (Wildman–Crippen MR) is 96.4 cm³/mol. The van der Waals surface area contributed by atoms with Gasteiger partial charge in [-0.05, 0) is 49.9 Å². The van der Waals surface area contributed by atoms with Crippen LogP contribution in [0, 0.1) is 12.8 Å². The van der Waals surface area contributed by atoms with Crippen LogP contribution in [0.2, 0.25) is 0 Å². The molecule has 0 saturated heterocycles. The van der Waals surface area contributed by atoms with E-state index in [1.54, 1.807) is 0 Å². The third kappa shape index (κ3) is 3.54. The molecule has 1 unspecified atom stereocenters. The molecule has 1 aromatic heterocycles. The Morgan fingerprint density at radius 1 is 1.25 bits per heavy atom. The van der Waals surface area contributed by atoms with Crippen molar-refractivity contribution in [3.63, 3.8) is 0 Å². The van der Waals surface area contributed by atoms with Gasteiger partial charge in [-0.3, -0.25) is 4.98 Å². The largest absolute Gasteiger partial charge is 0.492 e. The highest BCUT2D eigenvalue weighted by molar-refractivity contribution is 5.76. The fourth-order valence-corrected chi connectivity index (χ4v) is 3.17. The van der Waals surface area contributed by atoms with Crippen molar-refractivity contribution in [1.29, 1.82) is 0 Å². The lowest BCUT2D eigenvalue weighted by atomic mass is 9.94. The second-order valence-electron chi connectivity index (χ2n) is 7.03. The van der Waals surface area contributed by atoms with Gasteiger partial charge in [0.1, 0.15) is 24.2 Å². The Bertz CT molecular complexity index is 728. The fraction of sp³-hybridized carbons (Fsp3) is 0.450. The second kappa shape index (κ2) is 6.81. The van der Waals surface area contributed by atoms with Crippen molar-refractivity contribution < 1.29 is 9.47 Å². The van der Waals surface area contributed by atoms with Crippen molar-refractivity contribution in [2.24, 2.45) is 11.7 Å². The van der Waals surface area contributed by atoms with E-state index in [1.165, 1.54) is 5.56 Å². The Morgan fingerprint density at radius 3 is 2.79 bits per heavy atom. The number of hydrogen-bond acceptors (Lipinski definition) is 4. The molecular weight excluding hydrogens is 300 g/mol. The number of ether oxygens (including phenoxy) is 2. The summed E-state index contributed by atoms with van der Waals surface area (Å²) in [7, 11) is 0. The molecule has 0 fully saturated rings. The molecule has 0 spiro atoms. The maximum Gasteiger partial charge on any atom is 0.131 e. The van der Waals surface area contributed by atoms with Crippen LogP contribution in [-0.4, -0.2) is 17.6 Å². The first-order chi connectivity index (χ1) is 11.4. The van der Waals surface area contributed by atoms with Gasteiger partial charge >= 0.3 is 0 Å². The third-order valence-electron chi connectivity index (χ3n) is 4.29. The lowest BCUT2D eigenvalue weighted by Gasteiger charge is -2.27. The number of pyridine rings is 1. The molecule has 0 radical (unpaired) electrons. The monoisotopic (exact) mass is 326 g/mol. The number of rotatable bonds is 5. The molecule has 128 valence electrons. The highest BCUT2D eigenvalue weighted by Crippen LogP contribution is 2.43. The smallest absolute Gasteiger partial charge is 0.131 e. The van der Waals surface area contributed by atoms with Crippen LogP contribution in [-0.2, 0) is 0 Å². The number of aromatic nitrogens is 1. The SMILES string of the molecule is Cc1cc2c(cn1)C(C)Oc1cc(OC[C@@H](N)CC(C)C)ccc1-2. The molecule has 1 aliphatic rings. The van der Waals surface area contributed by atoms with E-state index in [1.807, 2.05) is 32.2 Å².